The van der Waals surface area contributed by atoms with Gasteiger partial charge in [0.2, 0.25) is 0 Å². The van der Waals surface area contributed by atoms with Crippen molar-refractivity contribution in [3.8, 4) is 11.8 Å². The van der Waals surface area contributed by atoms with Crippen molar-refractivity contribution in [2.45, 2.75) is 51.0 Å². The Labute approximate surface area is 165 Å². The Hall–Kier alpha value is -2.74. The standard InChI is InChI=1S/C23H24N4O/c1-16-24-9-6-20(26-16)21(28)27-23-13-17-10-18(14-23)12-22(11-17,15-23)7-5-19-4-2-3-8-25-19/h2-4,6,8-9,17-18H,10-15H2,1H3,(H,27,28). The predicted molar refractivity (Wildman–Crippen MR) is 105 cm³/mol. The highest BCUT2D eigenvalue weighted by molar-refractivity contribution is 5.92. The fourth-order valence-electron chi connectivity index (χ4n) is 6.08. The lowest BCUT2D eigenvalue weighted by Gasteiger charge is -2.60. The van der Waals surface area contributed by atoms with Crippen molar-refractivity contribution in [1.29, 1.82) is 0 Å². The zero-order valence-electron chi connectivity index (χ0n) is 16.1. The summed E-state index contributed by atoms with van der Waals surface area (Å²) in [6, 6.07) is 7.54. The molecular formula is C23H24N4O. The van der Waals surface area contributed by atoms with Crippen LogP contribution in [0, 0.1) is 36.0 Å². The molecule has 4 saturated carbocycles. The summed E-state index contributed by atoms with van der Waals surface area (Å²) in [6.45, 7) is 1.81. The van der Waals surface area contributed by atoms with Gasteiger partial charge < -0.3 is 5.32 Å². The summed E-state index contributed by atoms with van der Waals surface area (Å²) >= 11 is 0. The molecule has 4 aliphatic carbocycles. The van der Waals surface area contributed by atoms with Gasteiger partial charge in [-0.3, -0.25) is 4.79 Å². The molecule has 5 nitrogen and oxygen atoms in total. The van der Waals surface area contributed by atoms with Crippen molar-refractivity contribution in [2.75, 3.05) is 0 Å². The van der Waals surface area contributed by atoms with Crippen LogP contribution in [-0.4, -0.2) is 26.4 Å². The molecule has 2 aromatic rings. The number of nitrogens with zero attached hydrogens (tertiary/aromatic N) is 3. The average molecular weight is 372 g/mol. The van der Waals surface area contributed by atoms with E-state index in [0.717, 1.165) is 37.8 Å². The van der Waals surface area contributed by atoms with E-state index >= 15 is 0 Å². The van der Waals surface area contributed by atoms with Crippen molar-refractivity contribution < 1.29 is 4.79 Å². The Morgan fingerprint density at radius 3 is 2.64 bits per heavy atom. The van der Waals surface area contributed by atoms with Crippen molar-refractivity contribution in [3.63, 3.8) is 0 Å². The summed E-state index contributed by atoms with van der Waals surface area (Å²) in [4.78, 5) is 25.7. The van der Waals surface area contributed by atoms with Crippen LogP contribution < -0.4 is 5.32 Å². The van der Waals surface area contributed by atoms with E-state index in [1.54, 1.807) is 18.5 Å². The topological polar surface area (TPSA) is 67.8 Å². The first-order chi connectivity index (χ1) is 13.5. The Morgan fingerprint density at radius 2 is 1.93 bits per heavy atom. The van der Waals surface area contributed by atoms with Crippen LogP contribution in [0.4, 0.5) is 0 Å². The Bertz CT molecular complexity index is 961. The van der Waals surface area contributed by atoms with Gasteiger partial charge in [-0.1, -0.05) is 12.0 Å². The molecule has 4 bridgehead atoms. The third-order valence-electron chi connectivity index (χ3n) is 6.57. The lowest BCUT2D eigenvalue weighted by atomic mass is 9.47. The third-order valence-corrected chi connectivity index (χ3v) is 6.57. The van der Waals surface area contributed by atoms with E-state index in [0.29, 0.717) is 23.4 Å². The summed E-state index contributed by atoms with van der Waals surface area (Å²) in [5.74, 6) is 8.75. The maximum absolute atomic E-state index is 12.9. The number of amides is 1. The van der Waals surface area contributed by atoms with Crippen molar-refractivity contribution in [2.24, 2.45) is 17.3 Å². The number of aromatic nitrogens is 3. The van der Waals surface area contributed by atoms with Crippen LogP contribution in [0.2, 0.25) is 0 Å². The van der Waals surface area contributed by atoms with Gasteiger partial charge in [0, 0.05) is 23.3 Å². The summed E-state index contributed by atoms with van der Waals surface area (Å²) in [6.07, 6.45) is 10.1. The number of carbonyl (C=O) groups excluding carboxylic acids is 1. The smallest absolute Gasteiger partial charge is 0.270 e. The van der Waals surface area contributed by atoms with E-state index in [1.807, 2.05) is 25.1 Å². The van der Waals surface area contributed by atoms with E-state index in [1.165, 1.54) is 6.42 Å². The Balaban J connectivity index is 1.42. The molecule has 2 unspecified atom stereocenters. The molecule has 1 amide bonds. The predicted octanol–water partition coefficient (Wildman–Crippen LogP) is 3.30. The molecular weight excluding hydrogens is 348 g/mol. The van der Waals surface area contributed by atoms with Gasteiger partial charge >= 0.3 is 0 Å². The van der Waals surface area contributed by atoms with Gasteiger partial charge in [0.05, 0.1) is 0 Å². The molecule has 1 N–H and O–H groups in total. The number of nitrogens with one attached hydrogen (secondary N) is 1. The van der Waals surface area contributed by atoms with Gasteiger partial charge in [0.25, 0.3) is 5.91 Å². The molecule has 2 atom stereocenters. The van der Waals surface area contributed by atoms with Crippen molar-refractivity contribution in [3.05, 3.63) is 53.9 Å². The van der Waals surface area contributed by atoms with Gasteiger partial charge in [0.1, 0.15) is 17.2 Å². The van der Waals surface area contributed by atoms with Gasteiger partial charge in [-0.05, 0) is 81.4 Å². The SMILES string of the molecule is Cc1nccc(C(=O)NC23CC4CC(CC(C#Cc5ccccn5)(C4)C2)C3)n1. The first kappa shape index (κ1) is 17.4. The molecule has 2 heterocycles. The summed E-state index contributed by atoms with van der Waals surface area (Å²) in [5, 5.41) is 3.38. The van der Waals surface area contributed by atoms with E-state index in [4.69, 9.17) is 0 Å². The molecule has 6 rings (SSSR count). The molecule has 0 spiro atoms. The van der Waals surface area contributed by atoms with Crippen LogP contribution in [0.15, 0.2) is 36.7 Å². The average Bonchev–Trinajstić information content (AvgIpc) is 2.66. The molecule has 28 heavy (non-hydrogen) atoms. The largest absolute Gasteiger partial charge is 0.345 e. The summed E-state index contributed by atoms with van der Waals surface area (Å²) in [5.41, 5.74) is 1.12. The highest BCUT2D eigenvalue weighted by Gasteiger charge is 2.57. The molecule has 2 aromatic heterocycles. The Kier molecular flexibility index (Phi) is 3.97. The first-order valence-corrected chi connectivity index (χ1v) is 10.1. The molecule has 142 valence electrons. The first-order valence-electron chi connectivity index (χ1n) is 10.1. The summed E-state index contributed by atoms with van der Waals surface area (Å²) in [7, 11) is 0. The highest BCUT2D eigenvalue weighted by Crippen LogP contribution is 2.61. The monoisotopic (exact) mass is 372 g/mol. The maximum atomic E-state index is 12.9. The van der Waals surface area contributed by atoms with E-state index < -0.39 is 0 Å². The second-order valence-electron chi connectivity index (χ2n) is 8.93. The minimum atomic E-state index is -0.154. The molecule has 0 aromatic carbocycles. The number of aryl methyl sites for hydroxylation is 1. The molecule has 0 aliphatic heterocycles. The summed E-state index contributed by atoms with van der Waals surface area (Å²) < 4.78 is 0. The Morgan fingerprint density at radius 1 is 1.11 bits per heavy atom. The van der Waals surface area contributed by atoms with E-state index in [-0.39, 0.29) is 16.9 Å². The quantitative estimate of drug-likeness (QED) is 0.822. The maximum Gasteiger partial charge on any atom is 0.270 e. The van der Waals surface area contributed by atoms with Crippen LogP contribution in [0.1, 0.15) is 60.5 Å². The lowest BCUT2D eigenvalue weighted by Crippen LogP contribution is -2.63. The van der Waals surface area contributed by atoms with E-state index in [9.17, 15) is 4.79 Å². The number of rotatable bonds is 2. The fourth-order valence-corrected chi connectivity index (χ4v) is 6.08. The number of pyridine rings is 1. The van der Waals surface area contributed by atoms with Crippen LogP contribution in [0.5, 0.6) is 0 Å². The van der Waals surface area contributed by atoms with Crippen LogP contribution >= 0.6 is 0 Å². The van der Waals surface area contributed by atoms with Gasteiger partial charge in [-0.25, -0.2) is 15.0 Å². The van der Waals surface area contributed by atoms with Crippen molar-refractivity contribution >= 4 is 5.91 Å². The number of hydrogen-bond donors (Lipinski definition) is 1. The van der Waals surface area contributed by atoms with Crippen LogP contribution in [0.3, 0.4) is 0 Å². The molecule has 5 heteroatoms. The lowest BCUT2D eigenvalue weighted by molar-refractivity contribution is -0.0484. The minimum Gasteiger partial charge on any atom is -0.345 e. The fraction of sp³-hybridized carbons (Fsp3) is 0.478. The third kappa shape index (κ3) is 3.17. The molecule has 0 saturated heterocycles. The highest BCUT2D eigenvalue weighted by atomic mass is 16.2. The van der Waals surface area contributed by atoms with Gasteiger partial charge in [0.15, 0.2) is 0 Å². The van der Waals surface area contributed by atoms with Crippen molar-refractivity contribution in [1.82, 2.24) is 20.3 Å². The normalized spacial score (nSPS) is 32.5. The number of carbonyl (C=O) groups is 1. The zero-order valence-corrected chi connectivity index (χ0v) is 16.1. The minimum absolute atomic E-state index is 0.00350. The number of hydrogen-bond acceptors (Lipinski definition) is 4. The second kappa shape index (κ2) is 6.41. The molecule has 0 radical (unpaired) electrons. The van der Waals surface area contributed by atoms with Crippen LogP contribution in [-0.2, 0) is 0 Å². The van der Waals surface area contributed by atoms with Gasteiger partial charge in [-0.15, -0.1) is 0 Å². The van der Waals surface area contributed by atoms with Gasteiger partial charge in [-0.2, -0.15) is 0 Å². The zero-order chi connectivity index (χ0) is 19.2. The molecule has 4 fully saturated rings. The second-order valence-corrected chi connectivity index (χ2v) is 8.93. The van der Waals surface area contributed by atoms with Crippen LogP contribution in [0.25, 0.3) is 0 Å². The molecule has 4 aliphatic rings. The van der Waals surface area contributed by atoms with E-state index in [2.05, 4.69) is 32.1 Å².